The van der Waals surface area contributed by atoms with Crippen LogP contribution >= 0.6 is 0 Å². The molecule has 3 heteroatoms. The quantitative estimate of drug-likeness (QED) is 0.932. The minimum absolute atomic E-state index is 0.184. The molecule has 2 unspecified atom stereocenters. The summed E-state index contributed by atoms with van der Waals surface area (Å²) in [4.78, 5) is 14.3. The number of amides is 1. The SMILES string of the molecule is CC1C2Cc3ccc(C(N)=O)cc3[C@@]1(C)CCN2CC1CC1. The molecule has 2 N–H and O–H groups in total. The topological polar surface area (TPSA) is 46.3 Å². The molecular formula is C19H26N2O. The summed E-state index contributed by atoms with van der Waals surface area (Å²) in [5, 5.41) is 0. The van der Waals surface area contributed by atoms with Crippen molar-refractivity contribution < 1.29 is 4.79 Å². The summed E-state index contributed by atoms with van der Waals surface area (Å²) in [6.07, 6.45) is 5.16. The van der Waals surface area contributed by atoms with Gasteiger partial charge in [0.2, 0.25) is 5.91 Å². The van der Waals surface area contributed by atoms with Crippen LogP contribution in [0.15, 0.2) is 18.2 Å². The number of primary amides is 1. The number of rotatable bonds is 3. The fourth-order valence-corrected chi connectivity index (χ4v) is 4.72. The van der Waals surface area contributed by atoms with Gasteiger partial charge < -0.3 is 5.73 Å². The highest BCUT2D eigenvalue weighted by Crippen LogP contribution is 2.49. The monoisotopic (exact) mass is 298 g/mol. The minimum Gasteiger partial charge on any atom is -0.366 e. The van der Waals surface area contributed by atoms with Crippen LogP contribution in [-0.4, -0.2) is 29.9 Å². The van der Waals surface area contributed by atoms with Crippen molar-refractivity contribution in [2.45, 2.75) is 51.0 Å². The van der Waals surface area contributed by atoms with Gasteiger partial charge in [0.25, 0.3) is 0 Å². The Morgan fingerprint density at radius 3 is 2.86 bits per heavy atom. The molecule has 3 nitrogen and oxygen atoms in total. The van der Waals surface area contributed by atoms with E-state index in [1.165, 1.54) is 43.5 Å². The highest BCUT2D eigenvalue weighted by atomic mass is 16.1. The predicted molar refractivity (Wildman–Crippen MR) is 87.9 cm³/mol. The van der Waals surface area contributed by atoms with Crippen LogP contribution in [0.2, 0.25) is 0 Å². The van der Waals surface area contributed by atoms with E-state index >= 15 is 0 Å². The standard InChI is InChI=1S/C19H26N2O/c1-12-17-10-14-5-6-15(18(20)22)9-16(14)19(12,2)7-8-21(17)11-13-3-4-13/h5-6,9,12-13,17H,3-4,7-8,10-11H2,1-2H3,(H2,20,22)/t12?,17?,19-/m0/s1. The van der Waals surface area contributed by atoms with Crippen molar-refractivity contribution >= 4 is 5.91 Å². The highest BCUT2D eigenvalue weighted by Gasteiger charge is 2.49. The average Bonchev–Trinajstić information content (AvgIpc) is 3.29. The smallest absolute Gasteiger partial charge is 0.248 e. The first-order valence-corrected chi connectivity index (χ1v) is 8.66. The van der Waals surface area contributed by atoms with Gasteiger partial charge >= 0.3 is 0 Å². The van der Waals surface area contributed by atoms with Crippen molar-refractivity contribution in [2.75, 3.05) is 13.1 Å². The number of carbonyl (C=O) groups is 1. The van der Waals surface area contributed by atoms with Crippen molar-refractivity contribution in [3.05, 3.63) is 34.9 Å². The lowest BCUT2D eigenvalue weighted by atomic mass is 9.59. The predicted octanol–water partition coefficient (Wildman–Crippen LogP) is 2.72. The number of nitrogens with zero attached hydrogens (tertiary/aromatic N) is 1. The largest absolute Gasteiger partial charge is 0.366 e. The molecule has 0 radical (unpaired) electrons. The lowest BCUT2D eigenvalue weighted by Gasteiger charge is -2.55. The van der Waals surface area contributed by atoms with Gasteiger partial charge in [0.05, 0.1) is 0 Å². The molecule has 1 heterocycles. The number of likely N-dealkylation sites (tertiary alicyclic amines) is 1. The fraction of sp³-hybridized carbons (Fsp3) is 0.632. The molecule has 1 aliphatic heterocycles. The van der Waals surface area contributed by atoms with Gasteiger partial charge in [-0.15, -0.1) is 0 Å². The van der Waals surface area contributed by atoms with E-state index < -0.39 is 0 Å². The molecule has 22 heavy (non-hydrogen) atoms. The number of fused-ring (bicyclic) bond motifs is 4. The Morgan fingerprint density at radius 2 is 2.18 bits per heavy atom. The van der Waals surface area contributed by atoms with Crippen molar-refractivity contribution in [3.63, 3.8) is 0 Å². The second kappa shape index (κ2) is 4.82. The van der Waals surface area contributed by atoms with Crippen LogP contribution in [0.3, 0.4) is 0 Å². The molecule has 2 aliphatic carbocycles. The van der Waals surface area contributed by atoms with Gasteiger partial charge in [-0.3, -0.25) is 9.69 Å². The minimum atomic E-state index is -0.313. The summed E-state index contributed by atoms with van der Waals surface area (Å²) < 4.78 is 0. The Bertz CT molecular complexity index is 622. The number of benzene rings is 1. The number of hydrogen-bond acceptors (Lipinski definition) is 2. The summed E-state index contributed by atoms with van der Waals surface area (Å²) in [5.41, 5.74) is 9.13. The zero-order valence-corrected chi connectivity index (χ0v) is 13.6. The number of carbonyl (C=O) groups excluding carboxylic acids is 1. The lowest BCUT2D eigenvalue weighted by molar-refractivity contribution is 0.0284. The first-order chi connectivity index (χ1) is 10.5. The second-order valence-corrected chi connectivity index (χ2v) is 7.90. The van der Waals surface area contributed by atoms with Gasteiger partial charge in [-0.2, -0.15) is 0 Å². The average molecular weight is 298 g/mol. The van der Waals surface area contributed by atoms with Crippen LogP contribution in [0.25, 0.3) is 0 Å². The first kappa shape index (κ1) is 14.3. The Hall–Kier alpha value is -1.35. The summed E-state index contributed by atoms with van der Waals surface area (Å²) in [5.74, 6) is 1.28. The van der Waals surface area contributed by atoms with Crippen LogP contribution in [0, 0.1) is 11.8 Å². The van der Waals surface area contributed by atoms with Gasteiger partial charge in [-0.25, -0.2) is 0 Å². The molecule has 1 saturated heterocycles. The van der Waals surface area contributed by atoms with Gasteiger partial charge in [-0.1, -0.05) is 19.9 Å². The Balaban J connectivity index is 1.72. The second-order valence-electron chi connectivity index (χ2n) is 7.90. The molecule has 118 valence electrons. The molecular weight excluding hydrogens is 272 g/mol. The van der Waals surface area contributed by atoms with E-state index in [2.05, 4.69) is 30.9 Å². The maximum atomic E-state index is 11.5. The van der Waals surface area contributed by atoms with E-state index in [1.807, 2.05) is 6.07 Å². The Kier molecular flexibility index (Phi) is 3.12. The Morgan fingerprint density at radius 1 is 1.41 bits per heavy atom. The molecule has 1 amide bonds. The summed E-state index contributed by atoms with van der Waals surface area (Å²) in [6.45, 7) is 7.29. The zero-order valence-electron chi connectivity index (χ0n) is 13.6. The number of piperidine rings is 1. The van der Waals surface area contributed by atoms with E-state index in [-0.39, 0.29) is 11.3 Å². The molecule has 1 saturated carbocycles. The normalized spacial score (nSPS) is 34.3. The van der Waals surface area contributed by atoms with E-state index in [9.17, 15) is 4.79 Å². The van der Waals surface area contributed by atoms with E-state index in [4.69, 9.17) is 5.73 Å². The molecule has 2 fully saturated rings. The number of nitrogens with two attached hydrogens (primary N) is 1. The van der Waals surface area contributed by atoms with Gasteiger partial charge in [0.15, 0.2) is 0 Å². The van der Waals surface area contributed by atoms with E-state index in [0.717, 1.165) is 12.3 Å². The van der Waals surface area contributed by atoms with E-state index in [0.29, 0.717) is 17.5 Å². The highest BCUT2D eigenvalue weighted by molar-refractivity contribution is 5.93. The Labute approximate surface area is 132 Å². The van der Waals surface area contributed by atoms with Crippen molar-refractivity contribution in [1.29, 1.82) is 0 Å². The van der Waals surface area contributed by atoms with E-state index in [1.54, 1.807) is 0 Å². The third-order valence-corrected chi connectivity index (χ3v) is 6.60. The molecule has 1 aromatic carbocycles. The van der Waals surface area contributed by atoms with Crippen molar-refractivity contribution in [1.82, 2.24) is 4.90 Å². The van der Waals surface area contributed by atoms with Crippen LogP contribution in [0.1, 0.15) is 54.6 Å². The maximum Gasteiger partial charge on any atom is 0.248 e. The fourth-order valence-electron chi connectivity index (χ4n) is 4.72. The van der Waals surface area contributed by atoms with Crippen LogP contribution in [0.4, 0.5) is 0 Å². The van der Waals surface area contributed by atoms with Crippen LogP contribution < -0.4 is 5.73 Å². The molecule has 1 aromatic rings. The molecule has 3 atom stereocenters. The summed E-state index contributed by atoms with van der Waals surface area (Å²) >= 11 is 0. The molecule has 4 rings (SSSR count). The molecule has 3 aliphatic rings. The third-order valence-electron chi connectivity index (χ3n) is 6.60. The third kappa shape index (κ3) is 2.10. The van der Waals surface area contributed by atoms with Gasteiger partial charge in [0.1, 0.15) is 0 Å². The first-order valence-electron chi connectivity index (χ1n) is 8.66. The zero-order chi connectivity index (χ0) is 15.5. The van der Waals surface area contributed by atoms with Crippen molar-refractivity contribution in [2.24, 2.45) is 17.6 Å². The molecule has 2 bridgehead atoms. The van der Waals surface area contributed by atoms with Gasteiger partial charge in [0, 0.05) is 18.2 Å². The molecule has 0 spiro atoms. The lowest BCUT2D eigenvalue weighted by Crippen LogP contribution is -2.58. The summed E-state index contributed by atoms with van der Waals surface area (Å²) in [7, 11) is 0. The van der Waals surface area contributed by atoms with Crippen molar-refractivity contribution in [3.8, 4) is 0 Å². The molecule has 0 aromatic heterocycles. The van der Waals surface area contributed by atoms with Crippen LogP contribution in [-0.2, 0) is 11.8 Å². The van der Waals surface area contributed by atoms with Crippen LogP contribution in [0.5, 0.6) is 0 Å². The van der Waals surface area contributed by atoms with Gasteiger partial charge in [-0.05, 0) is 72.7 Å². The number of hydrogen-bond donors (Lipinski definition) is 1. The summed E-state index contributed by atoms with van der Waals surface area (Å²) in [6, 6.07) is 6.78. The maximum absolute atomic E-state index is 11.5.